The van der Waals surface area contributed by atoms with Crippen LogP contribution in [0.1, 0.15) is 23.8 Å². The van der Waals surface area contributed by atoms with Crippen LogP contribution in [0.5, 0.6) is 0 Å². The lowest BCUT2D eigenvalue weighted by atomic mass is 9.92. The zero-order valence-corrected chi connectivity index (χ0v) is 11.9. The summed E-state index contributed by atoms with van der Waals surface area (Å²) in [5.41, 5.74) is 2.82. The molecule has 0 radical (unpaired) electrons. The number of hydrogen-bond acceptors (Lipinski definition) is 2. The first-order chi connectivity index (χ1) is 9.29. The van der Waals surface area contributed by atoms with Crippen molar-refractivity contribution in [1.82, 2.24) is 5.32 Å². The minimum Gasteiger partial charge on any atom is -0.469 e. The lowest BCUT2D eigenvalue weighted by Crippen LogP contribution is -2.25. The summed E-state index contributed by atoms with van der Waals surface area (Å²) in [6.45, 7) is 6.39. The molecule has 0 aliphatic carbocycles. The third kappa shape index (κ3) is 4.25. The predicted octanol–water partition coefficient (Wildman–Crippen LogP) is 3.60. The van der Waals surface area contributed by atoms with Gasteiger partial charge in [0.25, 0.3) is 0 Å². The van der Waals surface area contributed by atoms with E-state index in [2.05, 4.69) is 49.5 Å². The summed E-state index contributed by atoms with van der Waals surface area (Å²) in [7, 11) is 0. The van der Waals surface area contributed by atoms with Crippen LogP contribution >= 0.6 is 0 Å². The number of aryl methyl sites for hydroxylation is 1. The summed E-state index contributed by atoms with van der Waals surface area (Å²) in [4.78, 5) is 0. The Labute approximate surface area is 115 Å². The van der Waals surface area contributed by atoms with Gasteiger partial charge < -0.3 is 9.73 Å². The van der Waals surface area contributed by atoms with Gasteiger partial charge in [-0.1, -0.05) is 31.2 Å². The average Bonchev–Trinajstić information content (AvgIpc) is 2.91. The topological polar surface area (TPSA) is 25.2 Å². The van der Waals surface area contributed by atoms with Crippen molar-refractivity contribution in [2.24, 2.45) is 5.92 Å². The summed E-state index contributed by atoms with van der Waals surface area (Å²) >= 11 is 0. The van der Waals surface area contributed by atoms with E-state index in [0.717, 1.165) is 31.7 Å². The van der Waals surface area contributed by atoms with Gasteiger partial charge in [-0.15, -0.1) is 0 Å². The molecule has 0 fully saturated rings. The SMILES string of the molecule is CCNCC(Cc1ccco1)Cc1ccccc1C. The van der Waals surface area contributed by atoms with Gasteiger partial charge in [0.1, 0.15) is 5.76 Å². The van der Waals surface area contributed by atoms with Crippen molar-refractivity contribution in [2.45, 2.75) is 26.7 Å². The van der Waals surface area contributed by atoms with Gasteiger partial charge in [0.2, 0.25) is 0 Å². The molecule has 1 atom stereocenters. The minimum absolute atomic E-state index is 0.576. The van der Waals surface area contributed by atoms with Crippen LogP contribution in [0.3, 0.4) is 0 Å². The van der Waals surface area contributed by atoms with Crippen LogP contribution in [-0.2, 0) is 12.8 Å². The third-order valence-corrected chi connectivity index (χ3v) is 3.52. The van der Waals surface area contributed by atoms with Crippen LogP contribution < -0.4 is 5.32 Å². The molecule has 0 aliphatic heterocycles. The van der Waals surface area contributed by atoms with Crippen LogP contribution in [0.15, 0.2) is 47.1 Å². The van der Waals surface area contributed by atoms with Crippen LogP contribution in [-0.4, -0.2) is 13.1 Å². The molecular formula is C17H23NO. The minimum atomic E-state index is 0.576. The Morgan fingerprint density at radius 2 is 1.95 bits per heavy atom. The van der Waals surface area contributed by atoms with Crippen LogP contribution in [0, 0.1) is 12.8 Å². The van der Waals surface area contributed by atoms with E-state index in [-0.39, 0.29) is 0 Å². The van der Waals surface area contributed by atoms with Gasteiger partial charge >= 0.3 is 0 Å². The number of hydrogen-bond donors (Lipinski definition) is 1. The number of rotatable bonds is 7. The highest BCUT2D eigenvalue weighted by atomic mass is 16.3. The molecule has 0 aliphatic rings. The molecule has 1 aromatic heterocycles. The molecule has 2 heteroatoms. The number of furan rings is 1. The summed E-state index contributed by atoms with van der Waals surface area (Å²) < 4.78 is 5.48. The second-order valence-corrected chi connectivity index (χ2v) is 5.09. The second-order valence-electron chi connectivity index (χ2n) is 5.09. The van der Waals surface area contributed by atoms with Crippen molar-refractivity contribution >= 4 is 0 Å². The van der Waals surface area contributed by atoms with Crippen LogP contribution in [0.4, 0.5) is 0 Å². The smallest absolute Gasteiger partial charge is 0.104 e. The maximum absolute atomic E-state index is 5.48. The molecule has 102 valence electrons. The molecule has 0 spiro atoms. The van der Waals surface area contributed by atoms with Crippen molar-refractivity contribution in [1.29, 1.82) is 0 Å². The molecule has 0 amide bonds. The molecule has 1 unspecified atom stereocenters. The Morgan fingerprint density at radius 3 is 2.63 bits per heavy atom. The first-order valence-electron chi connectivity index (χ1n) is 7.07. The summed E-state index contributed by atoms with van der Waals surface area (Å²) in [5, 5.41) is 3.46. The van der Waals surface area contributed by atoms with Crippen molar-refractivity contribution in [3.05, 3.63) is 59.5 Å². The van der Waals surface area contributed by atoms with E-state index < -0.39 is 0 Å². The van der Waals surface area contributed by atoms with Gasteiger partial charge in [-0.2, -0.15) is 0 Å². The predicted molar refractivity (Wildman–Crippen MR) is 79.3 cm³/mol. The van der Waals surface area contributed by atoms with E-state index in [4.69, 9.17) is 4.42 Å². The highest BCUT2D eigenvalue weighted by molar-refractivity contribution is 5.26. The van der Waals surface area contributed by atoms with E-state index in [0.29, 0.717) is 5.92 Å². The fraction of sp³-hybridized carbons (Fsp3) is 0.412. The highest BCUT2D eigenvalue weighted by Crippen LogP contribution is 2.17. The van der Waals surface area contributed by atoms with Crippen molar-refractivity contribution in [3.63, 3.8) is 0 Å². The van der Waals surface area contributed by atoms with Gasteiger partial charge in [-0.25, -0.2) is 0 Å². The molecule has 1 N–H and O–H groups in total. The van der Waals surface area contributed by atoms with Gasteiger partial charge in [0.15, 0.2) is 0 Å². The molecule has 2 aromatic rings. The first kappa shape index (κ1) is 13.9. The van der Waals surface area contributed by atoms with Gasteiger partial charge in [-0.3, -0.25) is 0 Å². The molecule has 2 rings (SSSR count). The summed E-state index contributed by atoms with van der Waals surface area (Å²) in [6, 6.07) is 12.7. The molecule has 1 aromatic carbocycles. The second kappa shape index (κ2) is 7.15. The maximum Gasteiger partial charge on any atom is 0.104 e. The Bertz CT molecular complexity index is 476. The monoisotopic (exact) mass is 257 g/mol. The van der Waals surface area contributed by atoms with Crippen molar-refractivity contribution in [2.75, 3.05) is 13.1 Å². The van der Waals surface area contributed by atoms with E-state index >= 15 is 0 Å². The average molecular weight is 257 g/mol. The molecular weight excluding hydrogens is 234 g/mol. The van der Waals surface area contributed by atoms with E-state index in [9.17, 15) is 0 Å². The summed E-state index contributed by atoms with van der Waals surface area (Å²) in [5.74, 6) is 1.66. The zero-order chi connectivity index (χ0) is 13.5. The molecule has 2 nitrogen and oxygen atoms in total. The van der Waals surface area contributed by atoms with E-state index in [1.54, 1.807) is 6.26 Å². The number of benzene rings is 1. The largest absolute Gasteiger partial charge is 0.469 e. The molecule has 1 heterocycles. The van der Waals surface area contributed by atoms with Gasteiger partial charge in [0.05, 0.1) is 6.26 Å². The van der Waals surface area contributed by atoms with E-state index in [1.807, 2.05) is 6.07 Å². The van der Waals surface area contributed by atoms with Crippen LogP contribution in [0.2, 0.25) is 0 Å². The van der Waals surface area contributed by atoms with Gasteiger partial charge in [0, 0.05) is 6.42 Å². The third-order valence-electron chi connectivity index (χ3n) is 3.52. The van der Waals surface area contributed by atoms with Crippen molar-refractivity contribution < 1.29 is 4.42 Å². The normalized spacial score (nSPS) is 12.5. The Kier molecular flexibility index (Phi) is 5.22. The Balaban J connectivity index is 2.03. The number of nitrogens with one attached hydrogen (secondary N) is 1. The molecule has 0 saturated carbocycles. The standard InChI is InChI=1S/C17H23NO/c1-3-18-13-15(12-17-9-6-10-19-17)11-16-8-5-4-7-14(16)2/h4-10,15,18H,3,11-13H2,1-2H3. The van der Waals surface area contributed by atoms with Crippen molar-refractivity contribution in [3.8, 4) is 0 Å². The zero-order valence-electron chi connectivity index (χ0n) is 11.9. The first-order valence-corrected chi connectivity index (χ1v) is 7.07. The van der Waals surface area contributed by atoms with Crippen LogP contribution in [0.25, 0.3) is 0 Å². The highest BCUT2D eigenvalue weighted by Gasteiger charge is 2.13. The fourth-order valence-corrected chi connectivity index (χ4v) is 2.43. The van der Waals surface area contributed by atoms with E-state index in [1.165, 1.54) is 11.1 Å². The maximum atomic E-state index is 5.48. The quantitative estimate of drug-likeness (QED) is 0.820. The Morgan fingerprint density at radius 1 is 1.11 bits per heavy atom. The summed E-state index contributed by atoms with van der Waals surface area (Å²) in [6.07, 6.45) is 3.85. The van der Waals surface area contributed by atoms with Gasteiger partial charge in [-0.05, 0) is 55.6 Å². The molecule has 19 heavy (non-hydrogen) atoms. The Hall–Kier alpha value is -1.54. The fourth-order valence-electron chi connectivity index (χ4n) is 2.43. The molecule has 0 bridgehead atoms. The lowest BCUT2D eigenvalue weighted by molar-refractivity contribution is 0.418. The molecule has 0 saturated heterocycles. The lowest BCUT2D eigenvalue weighted by Gasteiger charge is -2.17.